The summed E-state index contributed by atoms with van der Waals surface area (Å²) in [5, 5.41) is 2.94. The van der Waals surface area contributed by atoms with Gasteiger partial charge in [0.05, 0.1) is 11.0 Å². The van der Waals surface area contributed by atoms with E-state index < -0.39 is 10.0 Å². The van der Waals surface area contributed by atoms with Gasteiger partial charge in [-0.15, -0.1) is 0 Å². The zero-order valence-electron chi connectivity index (χ0n) is 15.1. The van der Waals surface area contributed by atoms with E-state index in [0.29, 0.717) is 31.0 Å². The molecule has 2 saturated heterocycles. The Morgan fingerprint density at radius 2 is 2.00 bits per heavy atom. The number of ether oxygens (including phenoxy) is 1. The van der Waals surface area contributed by atoms with Gasteiger partial charge in [-0.2, -0.15) is 4.31 Å². The lowest BCUT2D eigenvalue weighted by atomic mass is 9.94. The van der Waals surface area contributed by atoms with Crippen LogP contribution in [0.3, 0.4) is 0 Å². The molecule has 2 heterocycles. The molecule has 1 N–H and O–H groups in total. The molecule has 0 saturated carbocycles. The van der Waals surface area contributed by atoms with E-state index >= 15 is 0 Å². The minimum Gasteiger partial charge on any atom is -0.376 e. The van der Waals surface area contributed by atoms with Crippen LogP contribution in [0.2, 0.25) is 0 Å². The number of nitrogens with zero attached hydrogens (tertiary/aromatic N) is 1. The quantitative estimate of drug-likeness (QED) is 0.787. The van der Waals surface area contributed by atoms with Crippen molar-refractivity contribution in [3.05, 3.63) is 30.3 Å². The summed E-state index contributed by atoms with van der Waals surface area (Å²) in [6.07, 6.45) is 5.20. The van der Waals surface area contributed by atoms with E-state index in [0.717, 1.165) is 38.7 Å². The van der Waals surface area contributed by atoms with Gasteiger partial charge in [-0.1, -0.05) is 18.2 Å². The van der Waals surface area contributed by atoms with Crippen molar-refractivity contribution in [3.8, 4) is 0 Å². The minimum absolute atomic E-state index is 0.0311. The van der Waals surface area contributed by atoms with Crippen LogP contribution in [0.4, 0.5) is 0 Å². The van der Waals surface area contributed by atoms with Gasteiger partial charge in [-0.25, -0.2) is 8.42 Å². The topological polar surface area (TPSA) is 75.7 Å². The highest BCUT2D eigenvalue weighted by molar-refractivity contribution is 7.89. The Hall–Kier alpha value is -1.44. The van der Waals surface area contributed by atoms with Gasteiger partial charge in [0.25, 0.3) is 0 Å². The first-order valence-electron chi connectivity index (χ1n) is 9.49. The van der Waals surface area contributed by atoms with Gasteiger partial charge in [-0.3, -0.25) is 4.79 Å². The van der Waals surface area contributed by atoms with E-state index in [1.165, 1.54) is 0 Å². The number of rotatable bonds is 7. The number of hydrogen-bond acceptors (Lipinski definition) is 4. The summed E-state index contributed by atoms with van der Waals surface area (Å²) in [4.78, 5) is 12.4. The molecule has 2 aliphatic heterocycles. The van der Waals surface area contributed by atoms with E-state index in [9.17, 15) is 13.2 Å². The number of nitrogens with one attached hydrogen (secondary N) is 1. The maximum Gasteiger partial charge on any atom is 0.243 e. The second-order valence-electron chi connectivity index (χ2n) is 7.16. The van der Waals surface area contributed by atoms with Crippen molar-refractivity contribution in [2.24, 2.45) is 5.92 Å². The Kier molecular flexibility index (Phi) is 6.67. The first kappa shape index (κ1) is 19.3. The molecule has 0 unspecified atom stereocenters. The lowest BCUT2D eigenvalue weighted by Crippen LogP contribution is -2.40. The third kappa shape index (κ3) is 5.05. The van der Waals surface area contributed by atoms with Gasteiger partial charge in [0.1, 0.15) is 0 Å². The molecule has 1 aromatic rings. The van der Waals surface area contributed by atoms with E-state index in [4.69, 9.17) is 4.74 Å². The van der Waals surface area contributed by atoms with Crippen molar-refractivity contribution in [2.45, 2.75) is 49.5 Å². The standard InChI is InChI=1S/C19H28N2O4S/c22-19(20-14-17-7-5-13-25-17)11-10-16-6-4-12-21(15-16)26(23,24)18-8-2-1-3-9-18/h1-3,8-9,16-17H,4-7,10-15H2,(H,20,22)/t16-,17-/m0/s1. The van der Waals surface area contributed by atoms with Gasteiger partial charge in [0.15, 0.2) is 0 Å². The molecule has 0 spiro atoms. The first-order valence-corrected chi connectivity index (χ1v) is 10.9. The normalized spacial score (nSPS) is 24.5. The monoisotopic (exact) mass is 380 g/mol. The van der Waals surface area contributed by atoms with Crippen LogP contribution in [-0.4, -0.2) is 51.0 Å². The molecule has 1 aromatic carbocycles. The fourth-order valence-corrected chi connectivity index (χ4v) is 5.25. The summed E-state index contributed by atoms with van der Waals surface area (Å²) in [5.74, 6) is 0.263. The molecule has 0 bridgehead atoms. The van der Waals surface area contributed by atoms with Crippen molar-refractivity contribution >= 4 is 15.9 Å². The minimum atomic E-state index is -3.44. The van der Waals surface area contributed by atoms with Crippen LogP contribution < -0.4 is 5.32 Å². The van der Waals surface area contributed by atoms with E-state index in [1.807, 2.05) is 6.07 Å². The highest BCUT2D eigenvalue weighted by Gasteiger charge is 2.30. The Labute approximate surface area is 156 Å². The van der Waals surface area contributed by atoms with Gasteiger partial charge in [-0.05, 0) is 50.2 Å². The van der Waals surface area contributed by atoms with Crippen LogP contribution in [0.5, 0.6) is 0 Å². The van der Waals surface area contributed by atoms with E-state index in [2.05, 4.69) is 5.32 Å². The van der Waals surface area contributed by atoms with Crippen LogP contribution in [0.1, 0.15) is 38.5 Å². The van der Waals surface area contributed by atoms with Crippen molar-refractivity contribution < 1.29 is 17.9 Å². The van der Waals surface area contributed by atoms with Crippen LogP contribution in [0.25, 0.3) is 0 Å². The summed E-state index contributed by atoms with van der Waals surface area (Å²) in [6.45, 7) is 2.42. The number of carbonyl (C=O) groups excluding carboxylic acids is 1. The fraction of sp³-hybridized carbons (Fsp3) is 0.632. The number of benzene rings is 1. The highest BCUT2D eigenvalue weighted by Crippen LogP contribution is 2.26. The average molecular weight is 381 g/mol. The summed E-state index contributed by atoms with van der Waals surface area (Å²) in [7, 11) is -3.44. The second-order valence-corrected chi connectivity index (χ2v) is 9.10. The molecule has 0 aliphatic carbocycles. The molecule has 7 heteroatoms. The number of sulfonamides is 1. The molecule has 2 atom stereocenters. The van der Waals surface area contributed by atoms with Crippen LogP contribution >= 0.6 is 0 Å². The molecule has 2 aliphatic rings. The van der Waals surface area contributed by atoms with Crippen molar-refractivity contribution in [1.29, 1.82) is 0 Å². The molecule has 26 heavy (non-hydrogen) atoms. The largest absolute Gasteiger partial charge is 0.376 e. The Bertz CT molecular complexity index is 687. The molecule has 144 valence electrons. The lowest BCUT2D eigenvalue weighted by molar-refractivity contribution is -0.121. The van der Waals surface area contributed by atoms with Crippen LogP contribution in [0.15, 0.2) is 35.2 Å². The SMILES string of the molecule is O=C(CC[C@@H]1CCCN(S(=O)(=O)c2ccccc2)C1)NC[C@@H]1CCCO1. The summed E-state index contributed by atoms with van der Waals surface area (Å²) >= 11 is 0. The Balaban J connectivity index is 1.46. The molecule has 3 rings (SSSR count). The third-order valence-corrected chi connectivity index (χ3v) is 7.07. The van der Waals surface area contributed by atoms with Gasteiger partial charge in [0, 0.05) is 32.7 Å². The molecule has 2 fully saturated rings. The zero-order chi connectivity index (χ0) is 18.4. The molecule has 0 aromatic heterocycles. The van der Waals surface area contributed by atoms with Crippen molar-refractivity contribution in [2.75, 3.05) is 26.2 Å². The molecule has 0 radical (unpaired) electrons. The van der Waals surface area contributed by atoms with Gasteiger partial charge >= 0.3 is 0 Å². The van der Waals surface area contributed by atoms with E-state index in [-0.39, 0.29) is 17.9 Å². The zero-order valence-corrected chi connectivity index (χ0v) is 15.9. The second kappa shape index (κ2) is 8.97. The smallest absolute Gasteiger partial charge is 0.243 e. The maximum absolute atomic E-state index is 12.8. The number of piperidine rings is 1. The number of hydrogen-bond donors (Lipinski definition) is 1. The molecule has 6 nitrogen and oxygen atoms in total. The fourth-order valence-electron chi connectivity index (χ4n) is 3.68. The average Bonchev–Trinajstić information content (AvgIpc) is 3.19. The number of carbonyl (C=O) groups is 1. The maximum atomic E-state index is 12.8. The molecular weight excluding hydrogens is 352 g/mol. The molecule has 1 amide bonds. The highest BCUT2D eigenvalue weighted by atomic mass is 32.2. The van der Waals surface area contributed by atoms with Crippen molar-refractivity contribution in [3.63, 3.8) is 0 Å². The first-order chi connectivity index (χ1) is 12.6. The third-order valence-electron chi connectivity index (χ3n) is 5.19. The summed E-state index contributed by atoms with van der Waals surface area (Å²) < 4.78 is 32.6. The van der Waals surface area contributed by atoms with Crippen molar-refractivity contribution in [1.82, 2.24) is 9.62 Å². The van der Waals surface area contributed by atoms with E-state index in [1.54, 1.807) is 28.6 Å². The van der Waals surface area contributed by atoms with Crippen LogP contribution in [-0.2, 0) is 19.6 Å². The summed E-state index contributed by atoms with van der Waals surface area (Å²) in [5.41, 5.74) is 0. The van der Waals surface area contributed by atoms with Crippen LogP contribution in [0, 0.1) is 5.92 Å². The van der Waals surface area contributed by atoms with Gasteiger partial charge in [0.2, 0.25) is 15.9 Å². The number of amides is 1. The Morgan fingerprint density at radius 1 is 1.19 bits per heavy atom. The Morgan fingerprint density at radius 3 is 2.73 bits per heavy atom. The molecular formula is C19H28N2O4S. The summed E-state index contributed by atoms with van der Waals surface area (Å²) in [6, 6.07) is 8.57. The van der Waals surface area contributed by atoms with Gasteiger partial charge < -0.3 is 10.1 Å². The predicted octanol–water partition coefficient (Wildman–Crippen LogP) is 2.16. The predicted molar refractivity (Wildman–Crippen MR) is 99.1 cm³/mol. The lowest BCUT2D eigenvalue weighted by Gasteiger charge is -2.32.